The third-order valence-electron chi connectivity index (χ3n) is 1.74. The molecule has 1 rings (SSSR count). The van der Waals surface area contributed by atoms with E-state index in [1.165, 1.54) is 0 Å². The van der Waals surface area contributed by atoms with Gasteiger partial charge in [-0.1, -0.05) is 0 Å². The fourth-order valence-corrected chi connectivity index (χ4v) is 1.02. The first kappa shape index (κ1) is 11.5. The second-order valence-corrected chi connectivity index (χ2v) is 4.47. The highest BCUT2D eigenvalue weighted by molar-refractivity contribution is 5.74. The SMILES string of the molecule is CC(OC1COC1)C(=O)OC(C)(C)C. The van der Waals surface area contributed by atoms with Crippen LogP contribution in [0.3, 0.4) is 0 Å². The monoisotopic (exact) mass is 202 g/mol. The smallest absolute Gasteiger partial charge is 0.335 e. The van der Waals surface area contributed by atoms with Gasteiger partial charge in [0.25, 0.3) is 0 Å². The van der Waals surface area contributed by atoms with Gasteiger partial charge in [-0.2, -0.15) is 0 Å². The topological polar surface area (TPSA) is 44.8 Å². The van der Waals surface area contributed by atoms with Crippen molar-refractivity contribution in [2.24, 2.45) is 0 Å². The van der Waals surface area contributed by atoms with Crippen molar-refractivity contribution in [2.75, 3.05) is 13.2 Å². The van der Waals surface area contributed by atoms with Crippen molar-refractivity contribution < 1.29 is 19.0 Å². The van der Waals surface area contributed by atoms with Gasteiger partial charge >= 0.3 is 5.97 Å². The molecule has 1 fully saturated rings. The molecular weight excluding hydrogens is 184 g/mol. The molecule has 0 aromatic heterocycles. The van der Waals surface area contributed by atoms with Gasteiger partial charge < -0.3 is 14.2 Å². The van der Waals surface area contributed by atoms with Gasteiger partial charge in [-0.15, -0.1) is 0 Å². The van der Waals surface area contributed by atoms with Crippen molar-refractivity contribution in [3.63, 3.8) is 0 Å². The molecular formula is C10H18O4. The maximum atomic E-state index is 11.4. The average molecular weight is 202 g/mol. The lowest BCUT2D eigenvalue weighted by molar-refractivity contribution is -0.188. The first-order valence-corrected chi connectivity index (χ1v) is 4.84. The van der Waals surface area contributed by atoms with Gasteiger partial charge in [0.1, 0.15) is 11.7 Å². The Balaban J connectivity index is 2.28. The number of carbonyl (C=O) groups is 1. The Labute approximate surface area is 84.5 Å². The molecule has 0 aromatic carbocycles. The zero-order chi connectivity index (χ0) is 10.8. The third kappa shape index (κ3) is 3.64. The maximum Gasteiger partial charge on any atom is 0.335 e. The summed E-state index contributed by atoms with van der Waals surface area (Å²) in [4.78, 5) is 11.4. The van der Waals surface area contributed by atoms with Gasteiger partial charge in [0.05, 0.1) is 13.2 Å². The van der Waals surface area contributed by atoms with E-state index < -0.39 is 11.7 Å². The molecule has 0 amide bonds. The number of hydrogen-bond donors (Lipinski definition) is 0. The van der Waals surface area contributed by atoms with Crippen molar-refractivity contribution in [1.29, 1.82) is 0 Å². The normalized spacial score (nSPS) is 20.0. The van der Waals surface area contributed by atoms with Crippen LogP contribution in [0.15, 0.2) is 0 Å². The maximum absolute atomic E-state index is 11.4. The second kappa shape index (κ2) is 4.28. The van der Waals surface area contributed by atoms with Crippen molar-refractivity contribution in [2.45, 2.75) is 45.5 Å². The molecule has 0 N–H and O–H groups in total. The number of rotatable bonds is 3. The fraction of sp³-hybridized carbons (Fsp3) is 0.900. The van der Waals surface area contributed by atoms with E-state index in [0.29, 0.717) is 13.2 Å². The summed E-state index contributed by atoms with van der Waals surface area (Å²) < 4.78 is 15.5. The average Bonchev–Trinajstić information content (AvgIpc) is 1.92. The van der Waals surface area contributed by atoms with Crippen LogP contribution >= 0.6 is 0 Å². The van der Waals surface area contributed by atoms with Gasteiger partial charge in [0, 0.05) is 0 Å². The van der Waals surface area contributed by atoms with Crippen molar-refractivity contribution in [1.82, 2.24) is 0 Å². The standard InChI is InChI=1S/C10H18O4/c1-7(13-8-5-12-6-8)9(11)14-10(2,3)4/h7-8H,5-6H2,1-4H3. The molecule has 1 heterocycles. The molecule has 4 heteroatoms. The largest absolute Gasteiger partial charge is 0.458 e. The Morgan fingerprint density at radius 2 is 2.00 bits per heavy atom. The van der Waals surface area contributed by atoms with E-state index >= 15 is 0 Å². The molecule has 0 aliphatic carbocycles. The molecule has 0 aromatic rings. The Morgan fingerprint density at radius 1 is 1.43 bits per heavy atom. The Hall–Kier alpha value is -0.610. The summed E-state index contributed by atoms with van der Waals surface area (Å²) in [6.45, 7) is 8.37. The van der Waals surface area contributed by atoms with E-state index in [4.69, 9.17) is 14.2 Å². The van der Waals surface area contributed by atoms with Crippen molar-refractivity contribution in [3.05, 3.63) is 0 Å². The molecule has 0 bridgehead atoms. The second-order valence-electron chi connectivity index (χ2n) is 4.47. The lowest BCUT2D eigenvalue weighted by Gasteiger charge is -2.29. The third-order valence-corrected chi connectivity index (χ3v) is 1.74. The number of ether oxygens (including phenoxy) is 3. The minimum Gasteiger partial charge on any atom is -0.458 e. The summed E-state index contributed by atoms with van der Waals surface area (Å²) in [5.41, 5.74) is -0.454. The van der Waals surface area contributed by atoms with Crippen LogP contribution in [0.2, 0.25) is 0 Å². The van der Waals surface area contributed by atoms with Crippen LogP contribution in [0.1, 0.15) is 27.7 Å². The fourth-order valence-electron chi connectivity index (χ4n) is 1.02. The molecule has 1 unspecified atom stereocenters. The lowest BCUT2D eigenvalue weighted by atomic mass is 10.2. The first-order chi connectivity index (χ1) is 6.38. The number of hydrogen-bond acceptors (Lipinski definition) is 4. The summed E-state index contributed by atoms with van der Waals surface area (Å²) >= 11 is 0. The van der Waals surface area contributed by atoms with E-state index in [1.54, 1.807) is 6.92 Å². The van der Waals surface area contributed by atoms with Crippen LogP contribution in [0.5, 0.6) is 0 Å². The summed E-state index contributed by atoms with van der Waals surface area (Å²) in [5, 5.41) is 0. The van der Waals surface area contributed by atoms with E-state index in [1.807, 2.05) is 20.8 Å². The molecule has 82 valence electrons. The molecule has 4 nitrogen and oxygen atoms in total. The van der Waals surface area contributed by atoms with E-state index in [-0.39, 0.29) is 12.1 Å². The summed E-state index contributed by atoms with van der Waals surface area (Å²) in [7, 11) is 0. The van der Waals surface area contributed by atoms with Crippen LogP contribution in [-0.4, -0.2) is 37.0 Å². The van der Waals surface area contributed by atoms with Gasteiger partial charge in [0.2, 0.25) is 0 Å². The molecule has 1 atom stereocenters. The van der Waals surface area contributed by atoms with Crippen LogP contribution in [0.4, 0.5) is 0 Å². The Bertz CT molecular complexity index is 203. The van der Waals surface area contributed by atoms with Crippen LogP contribution < -0.4 is 0 Å². The van der Waals surface area contributed by atoms with Gasteiger partial charge in [-0.3, -0.25) is 0 Å². The molecule has 1 aliphatic heterocycles. The molecule has 14 heavy (non-hydrogen) atoms. The highest BCUT2D eigenvalue weighted by Gasteiger charge is 2.27. The molecule has 1 saturated heterocycles. The van der Waals surface area contributed by atoms with Crippen molar-refractivity contribution >= 4 is 5.97 Å². The Kier molecular flexibility index (Phi) is 3.50. The van der Waals surface area contributed by atoms with E-state index in [2.05, 4.69) is 0 Å². The quantitative estimate of drug-likeness (QED) is 0.643. The summed E-state index contributed by atoms with van der Waals surface area (Å²) in [5.74, 6) is -0.315. The van der Waals surface area contributed by atoms with Crippen LogP contribution in [0, 0.1) is 0 Å². The number of esters is 1. The van der Waals surface area contributed by atoms with E-state index in [9.17, 15) is 4.79 Å². The zero-order valence-corrected chi connectivity index (χ0v) is 9.20. The van der Waals surface area contributed by atoms with Gasteiger partial charge in [0.15, 0.2) is 6.10 Å². The predicted molar refractivity (Wildman–Crippen MR) is 51.0 cm³/mol. The summed E-state index contributed by atoms with van der Waals surface area (Å²) in [6.07, 6.45) is -0.458. The van der Waals surface area contributed by atoms with E-state index in [0.717, 1.165) is 0 Å². The number of carbonyl (C=O) groups excluding carboxylic acids is 1. The highest BCUT2D eigenvalue weighted by atomic mass is 16.6. The van der Waals surface area contributed by atoms with Crippen LogP contribution in [0.25, 0.3) is 0 Å². The van der Waals surface area contributed by atoms with Crippen molar-refractivity contribution in [3.8, 4) is 0 Å². The lowest BCUT2D eigenvalue weighted by Crippen LogP contribution is -2.42. The first-order valence-electron chi connectivity index (χ1n) is 4.84. The van der Waals surface area contributed by atoms with Gasteiger partial charge in [-0.25, -0.2) is 4.79 Å². The summed E-state index contributed by atoms with van der Waals surface area (Å²) in [6, 6.07) is 0. The predicted octanol–water partition coefficient (Wildman–Crippen LogP) is 1.13. The molecule has 0 radical (unpaired) electrons. The molecule has 0 saturated carbocycles. The highest BCUT2D eigenvalue weighted by Crippen LogP contribution is 2.13. The zero-order valence-electron chi connectivity index (χ0n) is 9.20. The van der Waals surface area contributed by atoms with Crippen LogP contribution in [-0.2, 0) is 19.0 Å². The Morgan fingerprint density at radius 3 is 2.36 bits per heavy atom. The molecule has 1 aliphatic rings. The van der Waals surface area contributed by atoms with Gasteiger partial charge in [-0.05, 0) is 27.7 Å². The molecule has 0 spiro atoms. The minimum atomic E-state index is -0.511. The minimum absolute atomic E-state index is 0.0533.